The van der Waals surface area contributed by atoms with Crippen molar-refractivity contribution in [1.29, 1.82) is 0 Å². The predicted octanol–water partition coefficient (Wildman–Crippen LogP) is 4.23. The van der Waals surface area contributed by atoms with Gasteiger partial charge in [0.1, 0.15) is 5.82 Å². The predicted molar refractivity (Wildman–Crippen MR) is 83.5 cm³/mol. The van der Waals surface area contributed by atoms with Crippen molar-refractivity contribution in [2.45, 2.75) is 52.2 Å². The lowest BCUT2D eigenvalue weighted by molar-refractivity contribution is 0.423. The highest BCUT2D eigenvalue weighted by Crippen LogP contribution is 2.16. The van der Waals surface area contributed by atoms with Crippen LogP contribution in [-0.2, 0) is 6.54 Å². The van der Waals surface area contributed by atoms with Crippen LogP contribution in [0.25, 0.3) is 0 Å². The molecule has 1 aromatic heterocycles. The van der Waals surface area contributed by atoms with Gasteiger partial charge in [0.2, 0.25) is 0 Å². The zero-order chi connectivity index (χ0) is 15.2. The minimum atomic E-state index is -0.195. The second-order valence-corrected chi connectivity index (χ2v) is 5.42. The van der Waals surface area contributed by atoms with E-state index in [1.165, 1.54) is 6.07 Å². The van der Waals surface area contributed by atoms with Gasteiger partial charge in [-0.3, -0.25) is 4.68 Å². The second kappa shape index (κ2) is 7.36. The zero-order valence-corrected chi connectivity index (χ0v) is 13.0. The second-order valence-electron chi connectivity index (χ2n) is 5.42. The molecule has 0 amide bonds. The summed E-state index contributed by atoms with van der Waals surface area (Å²) in [7, 11) is 0. The Bertz CT molecular complexity index is 561. The fraction of sp³-hybridized carbons (Fsp3) is 0.471. The van der Waals surface area contributed by atoms with Gasteiger partial charge in [-0.1, -0.05) is 26.0 Å². The van der Waals surface area contributed by atoms with Gasteiger partial charge >= 0.3 is 0 Å². The first-order valence-corrected chi connectivity index (χ1v) is 7.66. The monoisotopic (exact) mass is 289 g/mol. The van der Waals surface area contributed by atoms with Crippen LogP contribution in [0.5, 0.6) is 0 Å². The van der Waals surface area contributed by atoms with Crippen LogP contribution in [0.4, 0.5) is 4.39 Å². The van der Waals surface area contributed by atoms with Crippen LogP contribution in [0.1, 0.15) is 57.0 Å². The molecule has 0 aliphatic heterocycles. The van der Waals surface area contributed by atoms with Crippen LogP contribution in [-0.4, -0.2) is 9.78 Å². The number of aromatic nitrogens is 2. The highest BCUT2D eigenvalue weighted by atomic mass is 19.1. The summed E-state index contributed by atoms with van der Waals surface area (Å²) in [6.45, 7) is 7.08. The Morgan fingerprint density at radius 2 is 2.00 bits per heavy atom. The Kier molecular flexibility index (Phi) is 5.51. The van der Waals surface area contributed by atoms with Gasteiger partial charge in [-0.15, -0.1) is 0 Å². The van der Waals surface area contributed by atoms with Crippen molar-refractivity contribution in [2.75, 3.05) is 0 Å². The quantitative estimate of drug-likeness (QED) is 0.826. The van der Waals surface area contributed by atoms with Gasteiger partial charge in [-0.2, -0.15) is 5.10 Å². The van der Waals surface area contributed by atoms with Crippen molar-refractivity contribution < 1.29 is 4.39 Å². The SMILES string of the molecule is CCC(CC)n1ccc(CN[C@H](C)c2cccc(F)c2)n1. The van der Waals surface area contributed by atoms with Crippen molar-refractivity contribution >= 4 is 0 Å². The minimum absolute atomic E-state index is 0.0963. The first-order chi connectivity index (χ1) is 10.1. The van der Waals surface area contributed by atoms with E-state index in [4.69, 9.17) is 0 Å². The molecule has 0 aliphatic carbocycles. The molecular formula is C17H24FN3. The zero-order valence-electron chi connectivity index (χ0n) is 13.0. The van der Waals surface area contributed by atoms with E-state index in [0.29, 0.717) is 12.6 Å². The number of rotatable bonds is 7. The molecule has 4 heteroatoms. The average Bonchev–Trinajstić information content (AvgIpc) is 2.95. The summed E-state index contributed by atoms with van der Waals surface area (Å²) >= 11 is 0. The Balaban J connectivity index is 1.94. The highest BCUT2D eigenvalue weighted by molar-refractivity contribution is 5.19. The van der Waals surface area contributed by atoms with Crippen LogP contribution in [0.2, 0.25) is 0 Å². The molecule has 0 unspecified atom stereocenters. The summed E-state index contributed by atoms with van der Waals surface area (Å²) in [5, 5.41) is 8.00. The number of nitrogens with zero attached hydrogens (tertiary/aromatic N) is 2. The van der Waals surface area contributed by atoms with Crippen LogP contribution < -0.4 is 5.32 Å². The minimum Gasteiger partial charge on any atom is -0.304 e. The normalized spacial score (nSPS) is 12.8. The molecule has 1 aromatic carbocycles. The topological polar surface area (TPSA) is 29.9 Å². The van der Waals surface area contributed by atoms with Gasteiger partial charge in [-0.05, 0) is 43.5 Å². The number of nitrogens with one attached hydrogen (secondary N) is 1. The fourth-order valence-electron chi connectivity index (χ4n) is 2.49. The van der Waals surface area contributed by atoms with Crippen LogP contribution in [0.3, 0.4) is 0 Å². The third-order valence-electron chi connectivity index (χ3n) is 3.92. The van der Waals surface area contributed by atoms with Crippen LogP contribution in [0, 0.1) is 5.82 Å². The molecule has 0 radical (unpaired) electrons. The van der Waals surface area contributed by atoms with Crippen molar-refractivity contribution in [3.05, 3.63) is 53.6 Å². The first kappa shape index (κ1) is 15.7. The van der Waals surface area contributed by atoms with Crippen molar-refractivity contribution in [1.82, 2.24) is 15.1 Å². The van der Waals surface area contributed by atoms with Gasteiger partial charge in [0.25, 0.3) is 0 Å². The maximum atomic E-state index is 13.2. The summed E-state index contributed by atoms with van der Waals surface area (Å²) in [4.78, 5) is 0. The summed E-state index contributed by atoms with van der Waals surface area (Å²) < 4.78 is 15.3. The molecule has 0 saturated carbocycles. The largest absolute Gasteiger partial charge is 0.304 e. The van der Waals surface area contributed by atoms with Gasteiger partial charge in [-0.25, -0.2) is 4.39 Å². The molecule has 0 fully saturated rings. The Hall–Kier alpha value is -1.68. The van der Waals surface area contributed by atoms with E-state index < -0.39 is 0 Å². The third-order valence-corrected chi connectivity index (χ3v) is 3.92. The Labute approximate surface area is 126 Å². The highest BCUT2D eigenvalue weighted by Gasteiger charge is 2.09. The molecule has 1 heterocycles. The maximum Gasteiger partial charge on any atom is 0.123 e. The van der Waals surface area contributed by atoms with E-state index in [1.54, 1.807) is 12.1 Å². The number of halogens is 1. The smallest absolute Gasteiger partial charge is 0.123 e. The van der Waals surface area contributed by atoms with E-state index in [9.17, 15) is 4.39 Å². The molecule has 0 saturated heterocycles. The standard InChI is InChI=1S/C17H24FN3/c1-4-17(5-2)21-10-9-16(20-21)12-19-13(3)14-7-6-8-15(18)11-14/h6-11,13,17,19H,4-5,12H2,1-3H3/t13-/m1/s1. The Morgan fingerprint density at radius 3 is 2.67 bits per heavy atom. The van der Waals surface area contributed by atoms with Gasteiger partial charge in [0.05, 0.1) is 11.7 Å². The maximum absolute atomic E-state index is 13.2. The number of hydrogen-bond acceptors (Lipinski definition) is 2. The number of benzene rings is 1. The summed E-state index contributed by atoms with van der Waals surface area (Å²) in [5.74, 6) is -0.195. The van der Waals surface area contributed by atoms with E-state index in [0.717, 1.165) is 24.1 Å². The van der Waals surface area contributed by atoms with Crippen LogP contribution in [0.15, 0.2) is 36.5 Å². The van der Waals surface area contributed by atoms with Crippen molar-refractivity contribution in [2.24, 2.45) is 0 Å². The van der Waals surface area contributed by atoms with Crippen LogP contribution >= 0.6 is 0 Å². The summed E-state index contributed by atoms with van der Waals surface area (Å²) in [6, 6.07) is 9.32. The lowest BCUT2D eigenvalue weighted by Gasteiger charge is -2.14. The molecule has 1 N–H and O–H groups in total. The first-order valence-electron chi connectivity index (χ1n) is 7.66. The third kappa shape index (κ3) is 4.14. The van der Waals surface area contributed by atoms with E-state index in [2.05, 4.69) is 24.3 Å². The summed E-state index contributed by atoms with van der Waals surface area (Å²) in [6.07, 6.45) is 4.22. The molecule has 0 bridgehead atoms. The molecule has 2 aromatic rings. The molecular weight excluding hydrogens is 265 g/mol. The Morgan fingerprint density at radius 1 is 1.24 bits per heavy atom. The van der Waals surface area contributed by atoms with Gasteiger partial charge in [0, 0.05) is 18.8 Å². The van der Waals surface area contributed by atoms with Gasteiger partial charge < -0.3 is 5.32 Å². The van der Waals surface area contributed by atoms with E-state index in [1.807, 2.05) is 29.9 Å². The van der Waals surface area contributed by atoms with Crippen molar-refractivity contribution in [3.63, 3.8) is 0 Å². The van der Waals surface area contributed by atoms with E-state index in [-0.39, 0.29) is 11.9 Å². The molecule has 2 rings (SSSR count). The molecule has 3 nitrogen and oxygen atoms in total. The van der Waals surface area contributed by atoms with E-state index >= 15 is 0 Å². The molecule has 0 spiro atoms. The van der Waals surface area contributed by atoms with Crippen molar-refractivity contribution in [3.8, 4) is 0 Å². The lowest BCUT2D eigenvalue weighted by atomic mass is 10.1. The fourth-order valence-corrected chi connectivity index (χ4v) is 2.49. The van der Waals surface area contributed by atoms with Gasteiger partial charge in [0.15, 0.2) is 0 Å². The number of hydrogen-bond donors (Lipinski definition) is 1. The lowest BCUT2D eigenvalue weighted by Crippen LogP contribution is -2.19. The molecule has 1 atom stereocenters. The summed E-state index contributed by atoms with van der Waals surface area (Å²) in [5.41, 5.74) is 1.97. The molecule has 21 heavy (non-hydrogen) atoms. The average molecular weight is 289 g/mol. The molecule has 114 valence electrons. The molecule has 0 aliphatic rings.